The highest BCUT2D eigenvalue weighted by atomic mass is 16.6. The van der Waals surface area contributed by atoms with E-state index in [0.29, 0.717) is 13.0 Å². The van der Waals surface area contributed by atoms with Crippen molar-refractivity contribution in [3.63, 3.8) is 0 Å². The van der Waals surface area contributed by atoms with Gasteiger partial charge in [-0.25, -0.2) is 4.79 Å². The van der Waals surface area contributed by atoms with Crippen LogP contribution in [-0.4, -0.2) is 42.3 Å². The van der Waals surface area contributed by atoms with Crippen molar-refractivity contribution in [1.82, 2.24) is 10.2 Å². The molecule has 0 radical (unpaired) electrons. The number of amides is 1. The second kappa shape index (κ2) is 8.11. The molecule has 0 aliphatic carbocycles. The zero-order valence-electron chi connectivity index (χ0n) is 12.9. The third kappa shape index (κ3) is 6.76. The van der Waals surface area contributed by atoms with Gasteiger partial charge in [-0.05, 0) is 53.1 Å². The number of rotatable bonds is 4. The lowest BCUT2D eigenvalue weighted by molar-refractivity contribution is 0.0524. The van der Waals surface area contributed by atoms with Gasteiger partial charge in [0.2, 0.25) is 0 Å². The van der Waals surface area contributed by atoms with E-state index >= 15 is 0 Å². The molecule has 1 aliphatic rings. The molecule has 5 nitrogen and oxygen atoms in total. The van der Waals surface area contributed by atoms with Crippen LogP contribution in [0.2, 0.25) is 0 Å². The van der Waals surface area contributed by atoms with Gasteiger partial charge in [-0.3, -0.25) is 4.90 Å². The van der Waals surface area contributed by atoms with Crippen LogP contribution in [0.25, 0.3) is 0 Å². The quantitative estimate of drug-likeness (QED) is 0.860. The minimum atomic E-state index is -0.483. The highest BCUT2D eigenvalue weighted by molar-refractivity contribution is 5.67. The van der Waals surface area contributed by atoms with E-state index in [2.05, 4.69) is 16.3 Å². The number of carbonyl (C=O) groups is 1. The maximum Gasteiger partial charge on any atom is 0.407 e. The Bertz CT molecular complexity index is 336. The minimum Gasteiger partial charge on any atom is -0.444 e. The molecule has 5 heteroatoms. The first-order valence-corrected chi connectivity index (χ1v) is 7.53. The van der Waals surface area contributed by atoms with E-state index in [1.54, 1.807) is 0 Å². The highest BCUT2D eigenvalue weighted by Gasteiger charge is 2.20. The summed E-state index contributed by atoms with van der Waals surface area (Å²) >= 11 is 0. The van der Waals surface area contributed by atoms with Crippen LogP contribution in [0.5, 0.6) is 0 Å². The lowest BCUT2D eigenvalue weighted by atomic mass is 10.2. The Morgan fingerprint density at radius 2 is 1.90 bits per heavy atom. The summed E-state index contributed by atoms with van der Waals surface area (Å²) < 4.78 is 5.17. The number of carbonyl (C=O) groups excluding carboxylic acids is 1. The predicted octanol–water partition coefficient (Wildman–Crippen LogP) is 2.67. The monoisotopic (exact) mass is 281 g/mol. The van der Waals surface area contributed by atoms with Crippen molar-refractivity contribution in [2.24, 2.45) is 0 Å². The van der Waals surface area contributed by atoms with Gasteiger partial charge in [0.25, 0.3) is 0 Å². The van der Waals surface area contributed by atoms with Crippen LogP contribution >= 0.6 is 0 Å². The molecule has 0 aromatic rings. The van der Waals surface area contributed by atoms with E-state index in [-0.39, 0.29) is 6.04 Å². The van der Waals surface area contributed by atoms with Gasteiger partial charge in [0.1, 0.15) is 5.60 Å². The summed E-state index contributed by atoms with van der Waals surface area (Å²) in [4.78, 5) is 13.8. The first-order chi connectivity index (χ1) is 9.42. The average molecular weight is 281 g/mol. The molecule has 1 heterocycles. The van der Waals surface area contributed by atoms with Gasteiger partial charge < -0.3 is 10.1 Å². The van der Waals surface area contributed by atoms with Crippen molar-refractivity contribution in [3.05, 3.63) is 0 Å². The zero-order chi connectivity index (χ0) is 15.0. The average Bonchev–Trinajstić information content (AvgIpc) is 2.61. The highest BCUT2D eigenvalue weighted by Crippen LogP contribution is 2.14. The lowest BCUT2D eigenvalue weighted by Crippen LogP contribution is -2.39. The fourth-order valence-corrected chi connectivity index (χ4v) is 2.36. The number of nitriles is 1. The van der Waals surface area contributed by atoms with E-state index in [9.17, 15) is 10.1 Å². The van der Waals surface area contributed by atoms with Crippen molar-refractivity contribution >= 4 is 6.09 Å². The predicted molar refractivity (Wildman–Crippen MR) is 78.3 cm³/mol. The van der Waals surface area contributed by atoms with Gasteiger partial charge in [0.15, 0.2) is 0 Å². The molecular weight excluding hydrogens is 254 g/mol. The molecule has 1 unspecified atom stereocenters. The maximum atomic E-state index is 11.5. The Morgan fingerprint density at radius 3 is 2.40 bits per heavy atom. The molecule has 1 atom stereocenters. The summed E-state index contributed by atoms with van der Waals surface area (Å²) in [5.74, 6) is 0. The van der Waals surface area contributed by atoms with Gasteiger partial charge in [0.05, 0.1) is 12.1 Å². The van der Waals surface area contributed by atoms with Crippen molar-refractivity contribution in [2.45, 2.75) is 64.5 Å². The van der Waals surface area contributed by atoms with Gasteiger partial charge in [-0.1, -0.05) is 12.8 Å². The minimum absolute atomic E-state index is 0.108. The SMILES string of the molecule is CC(C)(C)OC(=O)NCCC(C#N)N1CCCCCC1. The normalized spacial score (nSPS) is 18.7. The number of nitrogens with zero attached hydrogens (tertiary/aromatic N) is 2. The molecule has 0 aromatic carbocycles. The van der Waals surface area contributed by atoms with Crippen LogP contribution in [0.4, 0.5) is 4.79 Å². The Kier molecular flexibility index (Phi) is 6.80. The largest absolute Gasteiger partial charge is 0.444 e. The van der Waals surface area contributed by atoms with Crippen LogP contribution in [0.15, 0.2) is 0 Å². The number of likely N-dealkylation sites (tertiary alicyclic amines) is 1. The molecule has 0 spiro atoms. The Labute approximate surface area is 122 Å². The Hall–Kier alpha value is -1.28. The molecule has 114 valence electrons. The van der Waals surface area contributed by atoms with Crippen LogP contribution < -0.4 is 5.32 Å². The van der Waals surface area contributed by atoms with Gasteiger partial charge in [-0.15, -0.1) is 0 Å². The Balaban J connectivity index is 2.31. The van der Waals surface area contributed by atoms with E-state index in [0.717, 1.165) is 25.9 Å². The van der Waals surface area contributed by atoms with Crippen LogP contribution in [-0.2, 0) is 4.74 Å². The van der Waals surface area contributed by atoms with E-state index in [1.165, 1.54) is 12.8 Å². The second-order valence-corrected chi connectivity index (χ2v) is 6.31. The molecule has 1 N–H and O–H groups in total. The summed E-state index contributed by atoms with van der Waals surface area (Å²) in [6.45, 7) is 7.96. The summed E-state index contributed by atoms with van der Waals surface area (Å²) in [5, 5.41) is 12.0. The first-order valence-electron chi connectivity index (χ1n) is 7.53. The third-order valence-electron chi connectivity index (χ3n) is 3.32. The summed E-state index contributed by atoms with van der Waals surface area (Å²) in [7, 11) is 0. The van der Waals surface area contributed by atoms with Gasteiger partial charge >= 0.3 is 6.09 Å². The number of hydrogen-bond donors (Lipinski definition) is 1. The van der Waals surface area contributed by atoms with Crippen LogP contribution in [0.3, 0.4) is 0 Å². The molecule has 20 heavy (non-hydrogen) atoms. The number of alkyl carbamates (subject to hydrolysis) is 1. The number of hydrogen-bond acceptors (Lipinski definition) is 4. The first kappa shape index (κ1) is 16.8. The van der Waals surface area contributed by atoms with Crippen molar-refractivity contribution < 1.29 is 9.53 Å². The maximum absolute atomic E-state index is 11.5. The van der Waals surface area contributed by atoms with Crippen molar-refractivity contribution in [2.75, 3.05) is 19.6 Å². The lowest BCUT2D eigenvalue weighted by Gasteiger charge is -2.25. The fourth-order valence-electron chi connectivity index (χ4n) is 2.36. The topological polar surface area (TPSA) is 65.4 Å². The summed E-state index contributed by atoms with van der Waals surface area (Å²) in [6, 6.07) is 2.25. The zero-order valence-corrected chi connectivity index (χ0v) is 12.9. The van der Waals surface area contributed by atoms with E-state index < -0.39 is 11.7 Å². The van der Waals surface area contributed by atoms with Crippen LogP contribution in [0.1, 0.15) is 52.9 Å². The second-order valence-electron chi connectivity index (χ2n) is 6.31. The van der Waals surface area contributed by atoms with Gasteiger partial charge in [-0.2, -0.15) is 5.26 Å². The summed E-state index contributed by atoms with van der Waals surface area (Å²) in [6.07, 6.45) is 5.07. The molecular formula is C15H27N3O2. The fraction of sp³-hybridized carbons (Fsp3) is 0.867. The molecule has 1 fully saturated rings. The molecule has 1 aliphatic heterocycles. The van der Waals surface area contributed by atoms with Crippen LogP contribution in [0, 0.1) is 11.3 Å². The van der Waals surface area contributed by atoms with Crippen molar-refractivity contribution in [1.29, 1.82) is 5.26 Å². The third-order valence-corrected chi connectivity index (χ3v) is 3.32. The van der Waals surface area contributed by atoms with Gasteiger partial charge in [0, 0.05) is 6.54 Å². The van der Waals surface area contributed by atoms with E-state index in [4.69, 9.17) is 4.74 Å². The molecule has 0 saturated carbocycles. The number of ether oxygens (including phenoxy) is 1. The smallest absolute Gasteiger partial charge is 0.407 e. The van der Waals surface area contributed by atoms with E-state index in [1.807, 2.05) is 20.8 Å². The summed E-state index contributed by atoms with van der Waals surface area (Å²) in [5.41, 5.74) is -0.483. The van der Waals surface area contributed by atoms with Crippen molar-refractivity contribution in [3.8, 4) is 6.07 Å². The molecule has 0 bridgehead atoms. The molecule has 1 saturated heterocycles. The standard InChI is InChI=1S/C15H27N3O2/c1-15(2,3)20-14(19)17-9-8-13(12-16)18-10-6-4-5-7-11-18/h13H,4-11H2,1-3H3,(H,17,19). The number of nitrogens with one attached hydrogen (secondary N) is 1. The Morgan fingerprint density at radius 1 is 1.30 bits per heavy atom. The molecule has 0 aromatic heterocycles. The molecule has 1 amide bonds. The molecule has 1 rings (SSSR count).